The summed E-state index contributed by atoms with van der Waals surface area (Å²) in [5, 5.41) is 4.07. The summed E-state index contributed by atoms with van der Waals surface area (Å²) in [6, 6.07) is 8.25. The van der Waals surface area contributed by atoms with E-state index in [0.717, 1.165) is 11.9 Å². The van der Waals surface area contributed by atoms with Gasteiger partial charge in [-0.1, -0.05) is 25.0 Å². The number of likely N-dealkylation sites (N-methyl/N-ethyl adjacent to an activating group) is 1. The summed E-state index contributed by atoms with van der Waals surface area (Å²) < 4.78 is 0. The van der Waals surface area contributed by atoms with E-state index in [2.05, 4.69) is 34.3 Å². The fraction of sp³-hybridized carbons (Fsp3) is 0.500. The summed E-state index contributed by atoms with van der Waals surface area (Å²) >= 11 is 0. The third-order valence-electron chi connectivity index (χ3n) is 4.33. The lowest BCUT2D eigenvalue weighted by Crippen LogP contribution is -2.45. The van der Waals surface area contributed by atoms with Gasteiger partial charge in [-0.3, -0.25) is 9.78 Å². The first-order chi connectivity index (χ1) is 10.1. The van der Waals surface area contributed by atoms with Gasteiger partial charge >= 0.3 is 0 Å². The Bertz CT molecular complexity index is 679. The van der Waals surface area contributed by atoms with E-state index in [1.54, 1.807) is 6.07 Å². The molecule has 21 heavy (non-hydrogen) atoms. The molecule has 1 aliphatic carbocycles. The molecule has 0 aliphatic heterocycles. The zero-order valence-electron chi connectivity index (χ0n) is 12.6. The second kappa shape index (κ2) is 5.85. The molecule has 1 aromatic heterocycles. The predicted molar refractivity (Wildman–Crippen MR) is 85.7 cm³/mol. The van der Waals surface area contributed by atoms with Gasteiger partial charge in [0.05, 0.1) is 10.9 Å². The van der Waals surface area contributed by atoms with Crippen molar-refractivity contribution in [1.82, 2.24) is 14.9 Å². The number of hydrogen-bond donors (Lipinski definition) is 2. The molecule has 112 valence electrons. The number of rotatable bonds is 3. The van der Waals surface area contributed by atoms with Crippen molar-refractivity contribution in [2.24, 2.45) is 0 Å². The van der Waals surface area contributed by atoms with Crippen molar-refractivity contribution in [3.63, 3.8) is 0 Å². The minimum absolute atomic E-state index is 0.0830. The van der Waals surface area contributed by atoms with Crippen molar-refractivity contribution in [3.05, 3.63) is 34.6 Å². The Morgan fingerprint density at radius 1 is 1.24 bits per heavy atom. The topological polar surface area (TPSA) is 61.0 Å². The monoisotopic (exact) mass is 286 g/mol. The van der Waals surface area contributed by atoms with Crippen molar-refractivity contribution >= 4 is 16.9 Å². The number of H-pyrrole nitrogens is 1. The maximum atomic E-state index is 12.1. The van der Waals surface area contributed by atoms with Crippen LogP contribution in [0.4, 0.5) is 5.95 Å². The van der Waals surface area contributed by atoms with Crippen molar-refractivity contribution in [3.8, 4) is 0 Å². The van der Waals surface area contributed by atoms with Gasteiger partial charge in [0.2, 0.25) is 5.95 Å². The molecule has 1 fully saturated rings. The van der Waals surface area contributed by atoms with Crippen molar-refractivity contribution in [1.29, 1.82) is 0 Å². The lowest BCUT2D eigenvalue weighted by molar-refractivity contribution is 0.211. The van der Waals surface area contributed by atoms with E-state index < -0.39 is 0 Å². The van der Waals surface area contributed by atoms with Crippen LogP contribution in [0.25, 0.3) is 10.9 Å². The number of hydrogen-bond acceptors (Lipinski definition) is 4. The van der Waals surface area contributed by atoms with Crippen LogP contribution in [-0.2, 0) is 0 Å². The van der Waals surface area contributed by atoms with Crippen LogP contribution in [0, 0.1) is 0 Å². The molecule has 3 rings (SSSR count). The number of nitrogens with zero attached hydrogens (tertiary/aromatic N) is 2. The normalized spacial score (nSPS) is 22.6. The number of aromatic nitrogens is 2. The van der Waals surface area contributed by atoms with Crippen molar-refractivity contribution in [2.45, 2.75) is 37.8 Å². The molecule has 5 heteroatoms. The molecule has 2 atom stereocenters. The zero-order valence-corrected chi connectivity index (χ0v) is 12.6. The number of anilines is 1. The van der Waals surface area contributed by atoms with E-state index in [0.29, 0.717) is 23.4 Å². The van der Waals surface area contributed by atoms with Gasteiger partial charge in [-0.25, -0.2) is 4.98 Å². The first-order valence-corrected chi connectivity index (χ1v) is 7.57. The number of para-hydroxylation sites is 1. The van der Waals surface area contributed by atoms with Gasteiger partial charge in [0.25, 0.3) is 5.56 Å². The molecule has 0 amide bonds. The van der Waals surface area contributed by atoms with E-state index >= 15 is 0 Å². The van der Waals surface area contributed by atoms with E-state index in [1.165, 1.54) is 19.3 Å². The van der Waals surface area contributed by atoms with Gasteiger partial charge in [0.15, 0.2) is 0 Å². The standard InChI is InChI=1S/C16H22N4O/c1-20(2)14-10-6-5-9-13(14)18-16-17-12-8-4-3-7-11(12)15(21)19-16/h3-4,7-8,13-14H,5-6,9-10H2,1-2H3,(H2,17,18,19,21). The van der Waals surface area contributed by atoms with Crippen LogP contribution < -0.4 is 10.9 Å². The fourth-order valence-electron chi connectivity index (χ4n) is 3.23. The highest BCUT2D eigenvalue weighted by Crippen LogP contribution is 2.24. The number of nitrogens with one attached hydrogen (secondary N) is 2. The summed E-state index contributed by atoms with van der Waals surface area (Å²) in [6.07, 6.45) is 4.78. The highest BCUT2D eigenvalue weighted by molar-refractivity contribution is 5.78. The van der Waals surface area contributed by atoms with Crippen molar-refractivity contribution < 1.29 is 0 Å². The van der Waals surface area contributed by atoms with Gasteiger partial charge in [-0.2, -0.15) is 0 Å². The van der Waals surface area contributed by atoms with Gasteiger partial charge < -0.3 is 10.2 Å². The van der Waals surface area contributed by atoms with Crippen LogP contribution in [0.15, 0.2) is 29.1 Å². The zero-order chi connectivity index (χ0) is 14.8. The van der Waals surface area contributed by atoms with Crippen LogP contribution in [0.1, 0.15) is 25.7 Å². The molecular formula is C16H22N4O. The average molecular weight is 286 g/mol. The lowest BCUT2D eigenvalue weighted by Gasteiger charge is -2.36. The number of benzene rings is 1. The maximum Gasteiger partial charge on any atom is 0.260 e. The minimum atomic E-state index is -0.0830. The Labute approximate surface area is 124 Å². The summed E-state index contributed by atoms with van der Waals surface area (Å²) in [4.78, 5) is 21.8. The van der Waals surface area contributed by atoms with Crippen LogP contribution in [0.2, 0.25) is 0 Å². The summed E-state index contributed by atoms with van der Waals surface area (Å²) in [7, 11) is 4.22. The Morgan fingerprint density at radius 2 is 2.00 bits per heavy atom. The molecule has 5 nitrogen and oxygen atoms in total. The summed E-state index contributed by atoms with van der Waals surface area (Å²) in [6.45, 7) is 0. The van der Waals surface area contributed by atoms with E-state index in [-0.39, 0.29) is 5.56 Å². The lowest BCUT2D eigenvalue weighted by atomic mass is 9.89. The molecular weight excluding hydrogens is 264 g/mol. The number of fused-ring (bicyclic) bond motifs is 1. The smallest absolute Gasteiger partial charge is 0.260 e. The van der Waals surface area contributed by atoms with Gasteiger partial charge in [-0.05, 0) is 39.1 Å². The van der Waals surface area contributed by atoms with Gasteiger partial charge in [0.1, 0.15) is 0 Å². The third kappa shape index (κ3) is 2.93. The molecule has 0 bridgehead atoms. The van der Waals surface area contributed by atoms with Crippen LogP contribution in [0.5, 0.6) is 0 Å². The molecule has 0 spiro atoms. The number of aromatic amines is 1. The van der Waals surface area contributed by atoms with Gasteiger partial charge in [-0.15, -0.1) is 0 Å². The Morgan fingerprint density at radius 3 is 2.81 bits per heavy atom. The van der Waals surface area contributed by atoms with E-state index in [9.17, 15) is 4.79 Å². The van der Waals surface area contributed by atoms with Crippen LogP contribution in [-0.4, -0.2) is 41.0 Å². The molecule has 1 saturated carbocycles. The fourth-order valence-corrected chi connectivity index (χ4v) is 3.23. The second-order valence-electron chi connectivity index (χ2n) is 6.00. The Kier molecular flexibility index (Phi) is 3.92. The molecule has 2 unspecified atom stereocenters. The quantitative estimate of drug-likeness (QED) is 0.908. The third-order valence-corrected chi connectivity index (χ3v) is 4.33. The molecule has 1 heterocycles. The highest BCUT2D eigenvalue weighted by atomic mass is 16.1. The highest BCUT2D eigenvalue weighted by Gasteiger charge is 2.27. The van der Waals surface area contributed by atoms with Gasteiger partial charge in [0, 0.05) is 12.1 Å². The molecule has 0 saturated heterocycles. The van der Waals surface area contributed by atoms with Crippen molar-refractivity contribution in [2.75, 3.05) is 19.4 Å². The van der Waals surface area contributed by atoms with Crippen LogP contribution in [0.3, 0.4) is 0 Å². The Balaban J connectivity index is 1.88. The average Bonchev–Trinajstić information content (AvgIpc) is 2.47. The summed E-state index contributed by atoms with van der Waals surface area (Å²) in [5.74, 6) is 0.581. The van der Waals surface area contributed by atoms with E-state index in [4.69, 9.17) is 0 Å². The molecule has 0 radical (unpaired) electrons. The SMILES string of the molecule is CN(C)C1CCCCC1Nc1nc2ccccc2c(=O)[nH]1. The van der Waals surface area contributed by atoms with Crippen LogP contribution >= 0.6 is 0 Å². The predicted octanol–water partition coefficient (Wildman–Crippen LogP) is 2.21. The second-order valence-corrected chi connectivity index (χ2v) is 6.00. The largest absolute Gasteiger partial charge is 0.351 e. The molecule has 2 aromatic rings. The summed E-state index contributed by atoms with van der Waals surface area (Å²) in [5.41, 5.74) is 0.654. The Hall–Kier alpha value is -1.88. The molecule has 2 N–H and O–H groups in total. The first kappa shape index (κ1) is 14.1. The maximum absolute atomic E-state index is 12.1. The van der Waals surface area contributed by atoms with E-state index in [1.807, 2.05) is 18.2 Å². The minimum Gasteiger partial charge on any atom is -0.351 e. The first-order valence-electron chi connectivity index (χ1n) is 7.57. The molecule has 1 aliphatic rings. The molecule has 1 aromatic carbocycles.